The standard InChI is InChI=1S/C21H23NO3/c23-20(11-8-15-6-9-18(10-7-15)21(24)25)22-14-16-12-19(13-16)17-4-2-1-3-5-17/h1-7,9-10,16,19H,8,11-14H2,(H,22,23)(H,24,25). The second-order valence-electron chi connectivity index (χ2n) is 6.75. The molecule has 1 fully saturated rings. The summed E-state index contributed by atoms with van der Waals surface area (Å²) in [5, 5.41) is 11.9. The highest BCUT2D eigenvalue weighted by Crippen LogP contribution is 2.40. The predicted octanol–water partition coefficient (Wildman–Crippen LogP) is 3.63. The molecule has 2 aromatic carbocycles. The molecule has 1 amide bonds. The molecule has 4 heteroatoms. The average Bonchev–Trinajstić information content (AvgIpc) is 2.60. The number of carboxylic acids is 1. The zero-order chi connectivity index (χ0) is 17.6. The van der Waals surface area contributed by atoms with Crippen LogP contribution in [0, 0.1) is 5.92 Å². The molecule has 0 bridgehead atoms. The number of nitrogens with one attached hydrogen (secondary N) is 1. The summed E-state index contributed by atoms with van der Waals surface area (Å²) in [5.74, 6) is 0.337. The zero-order valence-electron chi connectivity index (χ0n) is 14.2. The molecule has 0 atom stereocenters. The number of carbonyl (C=O) groups excluding carboxylic acids is 1. The van der Waals surface area contributed by atoms with Crippen molar-refractivity contribution in [3.8, 4) is 0 Å². The Balaban J connectivity index is 1.34. The number of aryl methyl sites for hydroxylation is 1. The molecule has 0 aromatic heterocycles. The van der Waals surface area contributed by atoms with Crippen molar-refractivity contribution in [3.05, 3.63) is 71.3 Å². The molecule has 1 saturated carbocycles. The van der Waals surface area contributed by atoms with Crippen LogP contribution in [0.5, 0.6) is 0 Å². The monoisotopic (exact) mass is 337 g/mol. The highest BCUT2D eigenvalue weighted by Gasteiger charge is 2.30. The maximum absolute atomic E-state index is 12.0. The van der Waals surface area contributed by atoms with Crippen molar-refractivity contribution < 1.29 is 14.7 Å². The van der Waals surface area contributed by atoms with Crippen molar-refractivity contribution >= 4 is 11.9 Å². The number of hydrogen-bond acceptors (Lipinski definition) is 2. The number of carbonyl (C=O) groups is 2. The van der Waals surface area contributed by atoms with Crippen LogP contribution in [0.25, 0.3) is 0 Å². The Labute approximate surface area is 147 Å². The van der Waals surface area contributed by atoms with Gasteiger partial charge in [0.05, 0.1) is 5.56 Å². The lowest BCUT2D eigenvalue weighted by Gasteiger charge is -2.35. The third-order valence-electron chi connectivity index (χ3n) is 4.94. The van der Waals surface area contributed by atoms with Gasteiger partial charge in [-0.15, -0.1) is 0 Å². The minimum atomic E-state index is -0.932. The molecule has 0 spiro atoms. The summed E-state index contributed by atoms with van der Waals surface area (Å²) < 4.78 is 0. The van der Waals surface area contributed by atoms with Gasteiger partial charge in [-0.05, 0) is 54.4 Å². The fraction of sp³-hybridized carbons (Fsp3) is 0.333. The third-order valence-corrected chi connectivity index (χ3v) is 4.94. The lowest BCUT2D eigenvalue weighted by Crippen LogP contribution is -2.35. The summed E-state index contributed by atoms with van der Waals surface area (Å²) in [6.45, 7) is 0.750. The first-order valence-corrected chi connectivity index (χ1v) is 8.75. The fourth-order valence-electron chi connectivity index (χ4n) is 3.32. The van der Waals surface area contributed by atoms with E-state index in [0.29, 0.717) is 24.7 Å². The Kier molecular flexibility index (Phi) is 5.49. The number of aromatic carboxylic acids is 1. The first-order chi connectivity index (χ1) is 12.1. The van der Waals surface area contributed by atoms with Crippen LogP contribution < -0.4 is 5.32 Å². The van der Waals surface area contributed by atoms with Gasteiger partial charge in [0, 0.05) is 13.0 Å². The fourth-order valence-corrected chi connectivity index (χ4v) is 3.32. The molecule has 1 aliphatic rings. The van der Waals surface area contributed by atoms with Crippen LogP contribution in [0.4, 0.5) is 0 Å². The molecule has 0 heterocycles. The largest absolute Gasteiger partial charge is 0.478 e. The zero-order valence-corrected chi connectivity index (χ0v) is 14.2. The van der Waals surface area contributed by atoms with Gasteiger partial charge in [0.25, 0.3) is 0 Å². The highest BCUT2D eigenvalue weighted by molar-refractivity contribution is 5.87. The van der Waals surface area contributed by atoms with Crippen molar-refractivity contribution in [3.63, 3.8) is 0 Å². The molecule has 0 aliphatic heterocycles. The summed E-state index contributed by atoms with van der Waals surface area (Å²) in [6, 6.07) is 17.2. The van der Waals surface area contributed by atoms with Crippen molar-refractivity contribution in [1.29, 1.82) is 0 Å². The van der Waals surface area contributed by atoms with Crippen molar-refractivity contribution in [2.75, 3.05) is 6.54 Å². The van der Waals surface area contributed by atoms with E-state index >= 15 is 0 Å². The third kappa shape index (κ3) is 4.69. The van der Waals surface area contributed by atoms with E-state index in [2.05, 4.69) is 29.6 Å². The van der Waals surface area contributed by atoms with E-state index in [1.165, 1.54) is 5.56 Å². The summed E-state index contributed by atoms with van der Waals surface area (Å²) in [6.07, 6.45) is 3.34. The Morgan fingerprint density at radius 1 is 1.00 bits per heavy atom. The maximum atomic E-state index is 12.0. The quantitative estimate of drug-likeness (QED) is 0.811. The first kappa shape index (κ1) is 17.2. The molecule has 4 nitrogen and oxygen atoms in total. The van der Waals surface area contributed by atoms with Gasteiger partial charge < -0.3 is 10.4 Å². The lowest BCUT2D eigenvalue weighted by atomic mass is 9.71. The van der Waals surface area contributed by atoms with E-state index in [4.69, 9.17) is 5.11 Å². The molecular formula is C21H23NO3. The SMILES string of the molecule is O=C(CCc1ccc(C(=O)O)cc1)NCC1CC(c2ccccc2)C1. The van der Waals surface area contributed by atoms with Gasteiger partial charge in [0.15, 0.2) is 0 Å². The van der Waals surface area contributed by atoms with Gasteiger partial charge in [-0.1, -0.05) is 42.5 Å². The van der Waals surface area contributed by atoms with Gasteiger partial charge in [-0.25, -0.2) is 4.79 Å². The molecule has 1 aliphatic carbocycles. The van der Waals surface area contributed by atoms with Gasteiger partial charge in [0.1, 0.15) is 0 Å². The molecular weight excluding hydrogens is 314 g/mol. The number of hydrogen-bond donors (Lipinski definition) is 2. The molecule has 2 aromatic rings. The molecule has 0 unspecified atom stereocenters. The Bertz CT molecular complexity index is 719. The second kappa shape index (κ2) is 7.97. The van der Waals surface area contributed by atoms with E-state index in [9.17, 15) is 9.59 Å². The van der Waals surface area contributed by atoms with Crippen molar-refractivity contribution in [1.82, 2.24) is 5.32 Å². The number of carboxylic acid groups (broad SMARTS) is 1. The number of amides is 1. The first-order valence-electron chi connectivity index (χ1n) is 8.75. The lowest BCUT2D eigenvalue weighted by molar-refractivity contribution is -0.121. The van der Waals surface area contributed by atoms with Crippen LogP contribution in [0.15, 0.2) is 54.6 Å². The summed E-state index contributed by atoms with van der Waals surface area (Å²) in [7, 11) is 0. The van der Waals surface area contributed by atoms with E-state index in [-0.39, 0.29) is 11.5 Å². The van der Waals surface area contributed by atoms with E-state index in [0.717, 1.165) is 24.9 Å². The Hall–Kier alpha value is -2.62. The van der Waals surface area contributed by atoms with Gasteiger partial charge in [0.2, 0.25) is 5.91 Å². The topological polar surface area (TPSA) is 66.4 Å². The van der Waals surface area contributed by atoms with E-state index < -0.39 is 5.97 Å². The van der Waals surface area contributed by atoms with Crippen molar-refractivity contribution in [2.24, 2.45) is 5.92 Å². The number of rotatable bonds is 7. The van der Waals surface area contributed by atoms with Gasteiger partial charge in [-0.2, -0.15) is 0 Å². The van der Waals surface area contributed by atoms with Gasteiger partial charge in [-0.3, -0.25) is 4.79 Å². The van der Waals surface area contributed by atoms with Crippen LogP contribution in [0.3, 0.4) is 0 Å². The Morgan fingerprint density at radius 2 is 1.68 bits per heavy atom. The normalized spacial score (nSPS) is 19.0. The van der Waals surface area contributed by atoms with Crippen LogP contribution in [-0.2, 0) is 11.2 Å². The molecule has 0 radical (unpaired) electrons. The molecule has 25 heavy (non-hydrogen) atoms. The summed E-state index contributed by atoms with van der Waals surface area (Å²) in [5.41, 5.74) is 2.65. The van der Waals surface area contributed by atoms with E-state index in [1.807, 2.05) is 6.07 Å². The average molecular weight is 337 g/mol. The molecule has 0 saturated heterocycles. The smallest absolute Gasteiger partial charge is 0.335 e. The van der Waals surface area contributed by atoms with Crippen LogP contribution in [0.2, 0.25) is 0 Å². The second-order valence-corrected chi connectivity index (χ2v) is 6.75. The molecule has 2 N–H and O–H groups in total. The predicted molar refractivity (Wildman–Crippen MR) is 96.6 cm³/mol. The van der Waals surface area contributed by atoms with Crippen LogP contribution in [0.1, 0.15) is 46.7 Å². The highest BCUT2D eigenvalue weighted by atomic mass is 16.4. The molecule has 3 rings (SSSR count). The summed E-state index contributed by atoms with van der Waals surface area (Å²) in [4.78, 5) is 22.8. The summed E-state index contributed by atoms with van der Waals surface area (Å²) >= 11 is 0. The number of benzene rings is 2. The van der Waals surface area contributed by atoms with Crippen LogP contribution >= 0.6 is 0 Å². The maximum Gasteiger partial charge on any atom is 0.335 e. The minimum absolute atomic E-state index is 0.0606. The minimum Gasteiger partial charge on any atom is -0.478 e. The van der Waals surface area contributed by atoms with Crippen molar-refractivity contribution in [2.45, 2.75) is 31.6 Å². The van der Waals surface area contributed by atoms with Crippen LogP contribution in [-0.4, -0.2) is 23.5 Å². The Morgan fingerprint density at radius 3 is 2.32 bits per heavy atom. The van der Waals surface area contributed by atoms with Gasteiger partial charge >= 0.3 is 5.97 Å². The van der Waals surface area contributed by atoms with E-state index in [1.54, 1.807) is 24.3 Å². The molecule has 130 valence electrons.